The van der Waals surface area contributed by atoms with Gasteiger partial charge in [0.2, 0.25) is 5.91 Å². The molecule has 1 amide bonds. The number of alkyl halides is 1. The van der Waals surface area contributed by atoms with Crippen LogP contribution in [-0.2, 0) is 17.2 Å². The number of aromatic nitrogens is 3. The van der Waals surface area contributed by atoms with E-state index in [0.717, 1.165) is 0 Å². The van der Waals surface area contributed by atoms with Crippen LogP contribution in [0.5, 0.6) is 0 Å². The number of nitrogens with one attached hydrogen (secondary N) is 1. The molecule has 0 aromatic carbocycles. The lowest BCUT2D eigenvalue weighted by molar-refractivity contribution is -0.121. The second kappa shape index (κ2) is 6.41. The summed E-state index contributed by atoms with van der Waals surface area (Å²) in [5, 5.41) is 3.37. The molecule has 5 nitrogen and oxygen atoms in total. The number of carbonyl (C=O) groups excluding carboxylic acids is 1. The summed E-state index contributed by atoms with van der Waals surface area (Å²) in [4.78, 5) is 20.5. The fourth-order valence-electron chi connectivity index (χ4n) is 1.82. The molecule has 0 bridgehead atoms. The number of amides is 1. The molecule has 0 radical (unpaired) electrons. The minimum absolute atomic E-state index is 0.0823. The van der Waals surface area contributed by atoms with E-state index in [1.807, 2.05) is 13.8 Å². The van der Waals surface area contributed by atoms with E-state index in [1.54, 1.807) is 10.6 Å². The van der Waals surface area contributed by atoms with E-state index in [-0.39, 0.29) is 18.3 Å². The highest BCUT2D eigenvalue weighted by Gasteiger charge is 2.14. The Morgan fingerprint density at radius 3 is 2.90 bits per heavy atom. The van der Waals surface area contributed by atoms with Crippen LogP contribution in [0.1, 0.15) is 19.7 Å². The molecular formula is C13H16Cl2N4O. The minimum Gasteiger partial charge on any atom is -0.354 e. The molecule has 2 heterocycles. The van der Waals surface area contributed by atoms with Gasteiger partial charge in [-0.25, -0.2) is 9.97 Å². The maximum absolute atomic E-state index is 11.9. The summed E-state index contributed by atoms with van der Waals surface area (Å²) in [6, 6.07) is 1.71. The Hall–Kier alpha value is -1.33. The smallest absolute Gasteiger partial charge is 0.240 e. The summed E-state index contributed by atoms with van der Waals surface area (Å²) in [5.41, 5.74) is 1.26. The first-order valence-electron chi connectivity index (χ1n) is 6.34. The van der Waals surface area contributed by atoms with E-state index < -0.39 is 0 Å². The van der Waals surface area contributed by atoms with E-state index >= 15 is 0 Å². The van der Waals surface area contributed by atoms with Gasteiger partial charge in [-0.15, -0.1) is 11.6 Å². The van der Waals surface area contributed by atoms with Gasteiger partial charge in [-0.3, -0.25) is 4.79 Å². The summed E-state index contributed by atoms with van der Waals surface area (Å²) in [5.74, 6) is 1.14. The second-order valence-corrected chi connectivity index (χ2v) is 5.65. The fourth-order valence-corrected chi connectivity index (χ4v) is 2.18. The number of pyridine rings is 1. The van der Waals surface area contributed by atoms with Gasteiger partial charge in [-0.2, -0.15) is 0 Å². The largest absolute Gasteiger partial charge is 0.354 e. The molecule has 2 aromatic heterocycles. The van der Waals surface area contributed by atoms with Gasteiger partial charge >= 0.3 is 0 Å². The lowest BCUT2D eigenvalue weighted by atomic mass is 10.2. The third kappa shape index (κ3) is 3.41. The molecule has 20 heavy (non-hydrogen) atoms. The quantitative estimate of drug-likeness (QED) is 0.863. The summed E-state index contributed by atoms with van der Waals surface area (Å²) < 4.78 is 1.72. The Kier molecular flexibility index (Phi) is 4.83. The van der Waals surface area contributed by atoms with Crippen molar-refractivity contribution in [2.45, 2.75) is 26.3 Å². The molecule has 0 atom stereocenters. The summed E-state index contributed by atoms with van der Waals surface area (Å²) in [7, 11) is 0. The Balaban J connectivity index is 2.26. The number of fused-ring (bicyclic) bond motifs is 1. The predicted octanol–water partition coefficient (Wildman–Crippen LogP) is 2.60. The molecule has 108 valence electrons. The Labute approximate surface area is 127 Å². The number of imidazole rings is 1. The number of carbonyl (C=O) groups is 1. The standard InChI is InChI=1S/C13H16Cl2N4O/c1-8(2)5-16-12(20)7-19-11(4-14)18-10-3-9(15)6-17-13(10)19/h3,6,8H,4-5,7H2,1-2H3,(H,16,20). The van der Waals surface area contributed by atoms with Crippen molar-refractivity contribution in [1.82, 2.24) is 19.9 Å². The topological polar surface area (TPSA) is 59.8 Å². The van der Waals surface area contributed by atoms with Crippen LogP contribution < -0.4 is 5.32 Å². The van der Waals surface area contributed by atoms with Crippen LogP contribution in [0, 0.1) is 5.92 Å². The molecule has 7 heteroatoms. The molecular weight excluding hydrogens is 299 g/mol. The van der Waals surface area contributed by atoms with Gasteiger partial charge in [0.25, 0.3) is 0 Å². The van der Waals surface area contributed by atoms with Gasteiger partial charge in [-0.1, -0.05) is 25.4 Å². The van der Waals surface area contributed by atoms with Gasteiger partial charge in [0.1, 0.15) is 17.9 Å². The van der Waals surface area contributed by atoms with E-state index in [9.17, 15) is 4.79 Å². The molecule has 0 aliphatic heterocycles. The first-order chi connectivity index (χ1) is 9.51. The van der Waals surface area contributed by atoms with E-state index in [4.69, 9.17) is 23.2 Å². The lowest BCUT2D eigenvalue weighted by Crippen LogP contribution is -2.31. The average Bonchev–Trinajstić information content (AvgIpc) is 2.73. The van der Waals surface area contributed by atoms with Crippen molar-refractivity contribution in [3.05, 3.63) is 23.1 Å². The second-order valence-electron chi connectivity index (χ2n) is 4.94. The van der Waals surface area contributed by atoms with Crippen LogP contribution in [0.2, 0.25) is 5.02 Å². The average molecular weight is 315 g/mol. The summed E-state index contributed by atoms with van der Waals surface area (Å²) in [6.07, 6.45) is 1.53. The third-order valence-electron chi connectivity index (χ3n) is 2.76. The third-order valence-corrected chi connectivity index (χ3v) is 3.21. The molecule has 0 saturated heterocycles. The molecule has 0 aliphatic rings. The Morgan fingerprint density at radius 1 is 1.50 bits per heavy atom. The highest BCUT2D eigenvalue weighted by atomic mass is 35.5. The zero-order valence-electron chi connectivity index (χ0n) is 11.4. The van der Waals surface area contributed by atoms with Crippen molar-refractivity contribution >= 4 is 40.3 Å². The van der Waals surface area contributed by atoms with Crippen LogP contribution in [0.4, 0.5) is 0 Å². The van der Waals surface area contributed by atoms with E-state index in [1.165, 1.54) is 6.20 Å². The summed E-state index contributed by atoms with van der Waals surface area (Å²) in [6.45, 7) is 4.88. The van der Waals surface area contributed by atoms with Crippen LogP contribution in [0.15, 0.2) is 12.3 Å². The molecule has 0 aliphatic carbocycles. The summed E-state index contributed by atoms with van der Waals surface area (Å²) >= 11 is 11.8. The van der Waals surface area contributed by atoms with Gasteiger partial charge < -0.3 is 9.88 Å². The zero-order chi connectivity index (χ0) is 14.7. The maximum atomic E-state index is 11.9. The highest BCUT2D eigenvalue weighted by molar-refractivity contribution is 6.31. The number of hydrogen-bond donors (Lipinski definition) is 1. The SMILES string of the molecule is CC(C)CNC(=O)Cn1c(CCl)nc2cc(Cl)cnc21. The molecule has 0 spiro atoms. The van der Waals surface area contributed by atoms with Crippen molar-refractivity contribution in [3.63, 3.8) is 0 Å². The van der Waals surface area contributed by atoms with Crippen molar-refractivity contribution < 1.29 is 4.79 Å². The molecule has 0 fully saturated rings. The number of hydrogen-bond acceptors (Lipinski definition) is 3. The lowest BCUT2D eigenvalue weighted by Gasteiger charge is -2.09. The van der Waals surface area contributed by atoms with Crippen LogP contribution in [-0.4, -0.2) is 27.0 Å². The monoisotopic (exact) mass is 314 g/mol. The number of rotatable bonds is 5. The predicted molar refractivity (Wildman–Crippen MR) is 79.9 cm³/mol. The first kappa shape index (κ1) is 15.1. The van der Waals surface area contributed by atoms with Gasteiger partial charge in [0, 0.05) is 12.7 Å². The van der Waals surface area contributed by atoms with Crippen molar-refractivity contribution in [2.24, 2.45) is 5.92 Å². The maximum Gasteiger partial charge on any atom is 0.240 e. The molecule has 1 N–H and O–H groups in total. The van der Waals surface area contributed by atoms with E-state index in [2.05, 4.69) is 15.3 Å². The minimum atomic E-state index is -0.0823. The normalized spacial score (nSPS) is 11.2. The fraction of sp³-hybridized carbons (Fsp3) is 0.462. The van der Waals surface area contributed by atoms with Crippen LogP contribution in [0.25, 0.3) is 11.2 Å². The van der Waals surface area contributed by atoms with Crippen molar-refractivity contribution in [3.8, 4) is 0 Å². The molecule has 2 aromatic rings. The number of nitrogens with zero attached hydrogens (tertiary/aromatic N) is 3. The molecule has 0 unspecified atom stereocenters. The molecule has 2 rings (SSSR count). The number of halogens is 2. The van der Waals surface area contributed by atoms with Gasteiger partial charge in [-0.05, 0) is 12.0 Å². The van der Waals surface area contributed by atoms with E-state index in [0.29, 0.717) is 34.5 Å². The zero-order valence-corrected chi connectivity index (χ0v) is 12.9. The van der Waals surface area contributed by atoms with Crippen LogP contribution >= 0.6 is 23.2 Å². The highest BCUT2D eigenvalue weighted by Crippen LogP contribution is 2.19. The van der Waals surface area contributed by atoms with Gasteiger partial charge in [0.15, 0.2) is 5.65 Å². The van der Waals surface area contributed by atoms with Gasteiger partial charge in [0.05, 0.1) is 10.9 Å². The molecule has 0 saturated carbocycles. The van der Waals surface area contributed by atoms with Crippen LogP contribution in [0.3, 0.4) is 0 Å². The Morgan fingerprint density at radius 2 is 2.25 bits per heavy atom. The van der Waals surface area contributed by atoms with Crippen molar-refractivity contribution in [1.29, 1.82) is 0 Å². The Bertz CT molecular complexity index is 624. The first-order valence-corrected chi connectivity index (χ1v) is 7.25. The van der Waals surface area contributed by atoms with Crippen molar-refractivity contribution in [2.75, 3.05) is 6.54 Å².